The topological polar surface area (TPSA) is 55.8 Å². The number of benzene rings is 1. The Balaban J connectivity index is 0.000000351. The van der Waals surface area contributed by atoms with E-state index >= 15 is 0 Å². The van der Waals surface area contributed by atoms with Gasteiger partial charge in [-0.2, -0.15) is 0 Å². The van der Waals surface area contributed by atoms with Crippen LogP contribution in [0.3, 0.4) is 0 Å². The van der Waals surface area contributed by atoms with E-state index in [0.29, 0.717) is 18.8 Å². The molecular formula is C19H29NO4. The van der Waals surface area contributed by atoms with Gasteiger partial charge in [0.25, 0.3) is 6.47 Å². The molecule has 2 rings (SSSR count). The number of hydrogen-bond acceptors (Lipinski definition) is 4. The van der Waals surface area contributed by atoms with Crippen molar-refractivity contribution < 1.29 is 19.1 Å². The maximum absolute atomic E-state index is 11.8. The zero-order valence-corrected chi connectivity index (χ0v) is 15.5. The van der Waals surface area contributed by atoms with E-state index in [9.17, 15) is 9.59 Å². The maximum Gasteiger partial charge on any atom is 0.293 e. The molecule has 1 aliphatic rings. The molecule has 0 bridgehead atoms. The van der Waals surface area contributed by atoms with Crippen molar-refractivity contribution in [3.05, 3.63) is 29.8 Å². The third-order valence-electron chi connectivity index (χ3n) is 3.82. The molecule has 5 heteroatoms. The average Bonchev–Trinajstić information content (AvgIpc) is 2.85. The summed E-state index contributed by atoms with van der Waals surface area (Å²) in [6, 6.07) is 8.09. The van der Waals surface area contributed by atoms with Crippen molar-refractivity contribution >= 4 is 12.4 Å². The molecule has 0 aromatic heterocycles. The van der Waals surface area contributed by atoms with Gasteiger partial charge in [0.2, 0.25) is 5.91 Å². The second-order valence-electron chi connectivity index (χ2n) is 7.13. The smallest absolute Gasteiger partial charge is 0.293 e. The molecule has 1 aromatic carbocycles. The highest BCUT2D eigenvalue weighted by molar-refractivity contribution is 5.79. The van der Waals surface area contributed by atoms with Crippen LogP contribution in [0.1, 0.15) is 52.6 Å². The molecule has 0 aliphatic carbocycles. The van der Waals surface area contributed by atoms with Crippen LogP contribution >= 0.6 is 0 Å². The standard InChI is InChI=1S/C14H19NO2.C5H10O2/c1-10-8-14(16)15(9-10)11(2)12-4-6-13(17-3)7-5-12;1-5(2,3)7-4-6/h4-7,10-11H,8-9H2,1-3H3;4H,1-3H3/t10?,11-;/m0./s1. The molecule has 1 aromatic rings. The molecule has 24 heavy (non-hydrogen) atoms. The van der Waals surface area contributed by atoms with E-state index < -0.39 is 0 Å². The Labute approximate surface area is 144 Å². The van der Waals surface area contributed by atoms with Crippen LogP contribution in [-0.2, 0) is 14.3 Å². The first-order valence-corrected chi connectivity index (χ1v) is 8.22. The Morgan fingerprint density at radius 1 is 1.25 bits per heavy atom. The van der Waals surface area contributed by atoms with Crippen LogP contribution in [0.15, 0.2) is 24.3 Å². The molecule has 1 amide bonds. The van der Waals surface area contributed by atoms with Crippen molar-refractivity contribution in [3.8, 4) is 5.75 Å². The molecule has 1 unspecified atom stereocenters. The highest BCUT2D eigenvalue weighted by Crippen LogP contribution is 2.28. The van der Waals surface area contributed by atoms with E-state index in [1.807, 2.05) is 49.9 Å². The van der Waals surface area contributed by atoms with E-state index in [-0.39, 0.29) is 17.6 Å². The van der Waals surface area contributed by atoms with Gasteiger partial charge in [0.05, 0.1) is 13.2 Å². The van der Waals surface area contributed by atoms with Crippen molar-refractivity contribution in [2.75, 3.05) is 13.7 Å². The number of nitrogens with zero attached hydrogens (tertiary/aromatic N) is 1. The Bertz CT molecular complexity index is 533. The second kappa shape index (κ2) is 8.71. The summed E-state index contributed by atoms with van der Waals surface area (Å²) in [7, 11) is 1.66. The van der Waals surface area contributed by atoms with E-state index in [2.05, 4.69) is 18.6 Å². The fourth-order valence-corrected chi connectivity index (χ4v) is 2.50. The largest absolute Gasteiger partial charge is 0.497 e. The van der Waals surface area contributed by atoms with Crippen LogP contribution in [0, 0.1) is 5.92 Å². The number of carbonyl (C=O) groups is 2. The van der Waals surface area contributed by atoms with Crippen LogP contribution in [0.4, 0.5) is 0 Å². The van der Waals surface area contributed by atoms with E-state index in [1.54, 1.807) is 7.11 Å². The highest BCUT2D eigenvalue weighted by Gasteiger charge is 2.30. The summed E-state index contributed by atoms with van der Waals surface area (Å²) in [5, 5.41) is 0. The fourth-order valence-electron chi connectivity index (χ4n) is 2.50. The molecule has 1 fully saturated rings. The van der Waals surface area contributed by atoms with Gasteiger partial charge in [-0.15, -0.1) is 0 Å². The van der Waals surface area contributed by atoms with Crippen molar-refractivity contribution in [2.24, 2.45) is 5.92 Å². The Hall–Kier alpha value is -2.04. The molecule has 5 nitrogen and oxygen atoms in total. The van der Waals surface area contributed by atoms with Gasteiger partial charge >= 0.3 is 0 Å². The predicted octanol–water partition coefficient (Wildman–Crippen LogP) is 3.58. The van der Waals surface area contributed by atoms with Gasteiger partial charge < -0.3 is 14.4 Å². The van der Waals surface area contributed by atoms with Crippen molar-refractivity contribution in [1.82, 2.24) is 4.90 Å². The first-order chi connectivity index (χ1) is 11.2. The monoisotopic (exact) mass is 335 g/mol. The SMILES string of the molecule is CC(C)(C)OC=O.COc1ccc([C@H](C)N2CC(C)CC2=O)cc1. The summed E-state index contributed by atoms with van der Waals surface area (Å²) in [5.74, 6) is 1.59. The lowest BCUT2D eigenvalue weighted by Gasteiger charge is -2.25. The Kier molecular flexibility index (Phi) is 7.26. The third kappa shape index (κ3) is 6.22. The van der Waals surface area contributed by atoms with Crippen molar-refractivity contribution in [1.29, 1.82) is 0 Å². The number of hydrogen-bond donors (Lipinski definition) is 0. The average molecular weight is 335 g/mol. The molecule has 1 heterocycles. The lowest BCUT2D eigenvalue weighted by atomic mass is 10.1. The van der Waals surface area contributed by atoms with Crippen molar-refractivity contribution in [2.45, 2.75) is 52.7 Å². The van der Waals surface area contributed by atoms with Gasteiger partial charge in [0.1, 0.15) is 11.4 Å². The maximum atomic E-state index is 11.8. The Morgan fingerprint density at radius 2 is 1.83 bits per heavy atom. The third-order valence-corrected chi connectivity index (χ3v) is 3.82. The molecule has 134 valence electrons. The van der Waals surface area contributed by atoms with Gasteiger partial charge in [-0.05, 0) is 51.3 Å². The van der Waals surface area contributed by atoms with Crippen molar-refractivity contribution in [3.63, 3.8) is 0 Å². The van der Waals surface area contributed by atoms with Gasteiger partial charge in [0, 0.05) is 13.0 Å². The zero-order chi connectivity index (χ0) is 18.3. The molecule has 2 atom stereocenters. The number of carbonyl (C=O) groups excluding carboxylic acids is 2. The molecular weight excluding hydrogens is 306 g/mol. The first kappa shape index (κ1) is 20.0. The quantitative estimate of drug-likeness (QED) is 0.789. The van der Waals surface area contributed by atoms with Crippen LogP contribution in [-0.4, -0.2) is 36.5 Å². The minimum Gasteiger partial charge on any atom is -0.497 e. The number of methoxy groups -OCH3 is 1. The summed E-state index contributed by atoms with van der Waals surface area (Å²) in [6.07, 6.45) is 0.681. The summed E-state index contributed by atoms with van der Waals surface area (Å²) < 4.78 is 9.68. The second-order valence-corrected chi connectivity index (χ2v) is 7.13. The molecule has 0 radical (unpaired) electrons. The lowest BCUT2D eigenvalue weighted by molar-refractivity contribution is -0.138. The van der Waals surface area contributed by atoms with Gasteiger partial charge in [0.15, 0.2) is 0 Å². The summed E-state index contributed by atoms with van der Waals surface area (Å²) in [4.78, 5) is 23.4. The number of likely N-dealkylation sites (tertiary alicyclic amines) is 1. The van der Waals surface area contributed by atoms with E-state index in [4.69, 9.17) is 4.74 Å². The molecule has 1 saturated heterocycles. The number of ether oxygens (including phenoxy) is 2. The Morgan fingerprint density at radius 3 is 2.17 bits per heavy atom. The minimum atomic E-state index is -0.318. The summed E-state index contributed by atoms with van der Waals surface area (Å²) >= 11 is 0. The minimum absolute atomic E-state index is 0.151. The van der Waals surface area contributed by atoms with E-state index in [1.165, 1.54) is 0 Å². The summed E-state index contributed by atoms with van der Waals surface area (Å²) in [6.45, 7) is 11.0. The number of amides is 1. The molecule has 0 saturated carbocycles. The number of rotatable bonds is 4. The van der Waals surface area contributed by atoms with Crippen LogP contribution in [0.2, 0.25) is 0 Å². The summed E-state index contributed by atoms with van der Waals surface area (Å²) in [5.41, 5.74) is 0.843. The van der Waals surface area contributed by atoms with Crippen LogP contribution in [0.5, 0.6) is 5.75 Å². The highest BCUT2D eigenvalue weighted by atomic mass is 16.5. The van der Waals surface area contributed by atoms with Gasteiger partial charge in [-0.3, -0.25) is 9.59 Å². The van der Waals surface area contributed by atoms with Gasteiger partial charge in [-0.1, -0.05) is 19.1 Å². The molecule has 0 spiro atoms. The predicted molar refractivity (Wildman–Crippen MR) is 93.8 cm³/mol. The molecule has 1 aliphatic heterocycles. The zero-order valence-electron chi connectivity index (χ0n) is 15.5. The fraction of sp³-hybridized carbons (Fsp3) is 0.579. The first-order valence-electron chi connectivity index (χ1n) is 8.22. The van der Waals surface area contributed by atoms with E-state index in [0.717, 1.165) is 17.9 Å². The lowest BCUT2D eigenvalue weighted by Crippen LogP contribution is -2.28. The van der Waals surface area contributed by atoms with Gasteiger partial charge in [-0.25, -0.2) is 0 Å². The normalized spacial score (nSPS) is 18.5. The molecule has 0 N–H and O–H groups in total. The van der Waals surface area contributed by atoms with Crippen LogP contribution in [0.25, 0.3) is 0 Å². The van der Waals surface area contributed by atoms with Crippen LogP contribution < -0.4 is 4.74 Å².